The van der Waals surface area contributed by atoms with Crippen molar-refractivity contribution in [3.8, 4) is 17.1 Å². The first-order valence-electron chi connectivity index (χ1n) is 14.8. The van der Waals surface area contributed by atoms with E-state index in [1.807, 2.05) is 63.2 Å². The molecule has 0 radical (unpaired) electrons. The summed E-state index contributed by atoms with van der Waals surface area (Å²) in [4.78, 5) is 31.6. The normalized spacial score (nSPS) is 16.5. The lowest BCUT2D eigenvalue weighted by molar-refractivity contribution is 0.0509. The highest BCUT2D eigenvalue weighted by Crippen LogP contribution is 2.31. The number of pyridine rings is 1. The van der Waals surface area contributed by atoms with Gasteiger partial charge in [0.2, 0.25) is 11.8 Å². The van der Waals surface area contributed by atoms with Crippen LogP contribution in [-0.2, 0) is 16.6 Å². The third-order valence-electron chi connectivity index (χ3n) is 7.69. The minimum absolute atomic E-state index is 0.0723. The van der Waals surface area contributed by atoms with Crippen LogP contribution >= 0.6 is 0 Å². The average molecular weight is 629 g/mol. The molecule has 45 heavy (non-hydrogen) atoms. The van der Waals surface area contributed by atoms with Gasteiger partial charge in [-0.05, 0) is 67.1 Å². The number of fused-ring (bicyclic) bond motifs is 4. The van der Waals surface area contributed by atoms with Gasteiger partial charge in [-0.15, -0.1) is 0 Å². The summed E-state index contributed by atoms with van der Waals surface area (Å²) in [5, 5.41) is 0. The van der Waals surface area contributed by atoms with Gasteiger partial charge in [-0.25, -0.2) is 18.1 Å². The molecule has 4 aromatic rings. The van der Waals surface area contributed by atoms with Crippen LogP contribution in [0.4, 0.5) is 11.6 Å². The van der Waals surface area contributed by atoms with Crippen molar-refractivity contribution in [2.45, 2.75) is 58.5 Å². The van der Waals surface area contributed by atoms with Crippen LogP contribution in [0.15, 0.2) is 71.8 Å². The number of sulfonamides is 1. The second-order valence-electron chi connectivity index (χ2n) is 12.9. The number of benzene rings is 2. The minimum Gasteiger partial charge on any atom is -0.475 e. The molecule has 0 spiro atoms. The zero-order valence-electron chi connectivity index (χ0n) is 26.8. The quantitative estimate of drug-likeness (QED) is 0.292. The fourth-order valence-electron chi connectivity index (χ4n) is 5.50. The highest BCUT2D eigenvalue weighted by Gasteiger charge is 2.31. The van der Waals surface area contributed by atoms with Crippen molar-refractivity contribution in [3.05, 3.63) is 89.2 Å². The van der Waals surface area contributed by atoms with Crippen molar-refractivity contribution in [1.29, 1.82) is 0 Å². The maximum absolute atomic E-state index is 14.3. The molecule has 11 heteroatoms. The van der Waals surface area contributed by atoms with E-state index in [0.29, 0.717) is 17.8 Å². The maximum atomic E-state index is 14.3. The van der Waals surface area contributed by atoms with E-state index in [9.17, 15) is 13.2 Å². The first-order chi connectivity index (χ1) is 21.2. The second-order valence-corrected chi connectivity index (χ2v) is 14.6. The standard InChI is InChI=1S/C34H40N6O4S/c1-22-10-8-11-23(2)31(22)29-17-30-37-33(36-29)38-45(42,43)28-13-9-12-24(16-28)32(41)40(27(21-44-30)18-34(3,4)5)20-25-14-15-26(19-35-25)39(6)7/h8-17,19,27H,18,20-21H2,1-7H3,(H,36,37,38)/t27-/m1/s1. The summed E-state index contributed by atoms with van der Waals surface area (Å²) in [6.07, 6.45) is 2.37. The van der Waals surface area contributed by atoms with Crippen molar-refractivity contribution in [1.82, 2.24) is 19.9 Å². The van der Waals surface area contributed by atoms with Crippen LogP contribution in [0.3, 0.4) is 0 Å². The summed E-state index contributed by atoms with van der Waals surface area (Å²) in [5.74, 6) is -0.238. The smallest absolute Gasteiger partial charge is 0.264 e. The fraction of sp³-hybridized carbons (Fsp3) is 0.353. The SMILES string of the molecule is Cc1cccc(C)c1-c1cc2nc(n1)NS(=O)(=O)c1cccc(c1)C(=O)N(Cc1ccc(N(C)C)cn1)[C@H](CC(C)(C)C)CO2. The number of aromatic nitrogens is 3. The number of ether oxygens (including phenoxy) is 1. The van der Waals surface area contributed by atoms with Gasteiger partial charge < -0.3 is 14.5 Å². The molecule has 0 aliphatic carbocycles. The number of rotatable bonds is 5. The second kappa shape index (κ2) is 12.5. The largest absolute Gasteiger partial charge is 0.475 e. The Bertz CT molecular complexity index is 1800. The molecule has 0 unspecified atom stereocenters. The Morgan fingerprint density at radius 1 is 1.00 bits per heavy atom. The molecule has 4 bridgehead atoms. The Kier molecular flexibility index (Phi) is 8.84. The van der Waals surface area contributed by atoms with Crippen LogP contribution in [-0.4, -0.2) is 60.9 Å². The molecule has 1 atom stereocenters. The molecule has 1 amide bonds. The van der Waals surface area contributed by atoms with Crippen LogP contribution in [0, 0.1) is 19.3 Å². The van der Waals surface area contributed by atoms with E-state index >= 15 is 0 Å². The lowest BCUT2D eigenvalue weighted by Crippen LogP contribution is -2.45. The molecule has 5 rings (SSSR count). The summed E-state index contributed by atoms with van der Waals surface area (Å²) in [6, 6.07) is 17.1. The Morgan fingerprint density at radius 2 is 1.71 bits per heavy atom. The van der Waals surface area contributed by atoms with Crippen molar-refractivity contribution >= 4 is 27.6 Å². The van der Waals surface area contributed by atoms with Gasteiger partial charge in [0.05, 0.1) is 40.8 Å². The van der Waals surface area contributed by atoms with Crippen LogP contribution in [0.2, 0.25) is 0 Å². The van der Waals surface area contributed by atoms with Gasteiger partial charge in [-0.2, -0.15) is 4.98 Å². The average Bonchev–Trinajstić information content (AvgIpc) is 2.97. The predicted molar refractivity (Wildman–Crippen MR) is 176 cm³/mol. The summed E-state index contributed by atoms with van der Waals surface area (Å²) >= 11 is 0. The van der Waals surface area contributed by atoms with E-state index in [1.54, 1.807) is 29.3 Å². The lowest BCUT2D eigenvalue weighted by atomic mass is 9.87. The number of hydrogen-bond donors (Lipinski definition) is 1. The number of amides is 1. The molecule has 0 fully saturated rings. The van der Waals surface area contributed by atoms with Gasteiger partial charge in [0.25, 0.3) is 15.9 Å². The summed E-state index contributed by atoms with van der Waals surface area (Å²) < 4.78 is 36.1. The van der Waals surface area contributed by atoms with E-state index in [-0.39, 0.29) is 46.8 Å². The third-order valence-corrected chi connectivity index (χ3v) is 9.01. The maximum Gasteiger partial charge on any atom is 0.264 e. The van der Waals surface area contributed by atoms with Crippen molar-refractivity contribution < 1.29 is 17.9 Å². The summed E-state index contributed by atoms with van der Waals surface area (Å²) in [5.41, 5.74) is 5.07. The van der Waals surface area contributed by atoms with Gasteiger partial charge in [-0.3, -0.25) is 9.78 Å². The Labute approximate surface area is 265 Å². The number of hydrogen-bond acceptors (Lipinski definition) is 8. The molecule has 0 saturated carbocycles. The number of carbonyl (C=O) groups is 1. The van der Waals surface area contributed by atoms with Gasteiger partial charge in [-0.1, -0.05) is 45.0 Å². The highest BCUT2D eigenvalue weighted by atomic mass is 32.2. The molecule has 1 aliphatic heterocycles. The zero-order valence-corrected chi connectivity index (χ0v) is 27.6. The van der Waals surface area contributed by atoms with E-state index in [2.05, 4.69) is 40.4 Å². The third kappa shape index (κ3) is 7.42. The number of aryl methyl sites for hydroxylation is 2. The molecule has 0 saturated heterocycles. The highest BCUT2D eigenvalue weighted by molar-refractivity contribution is 7.92. The molecule has 2 aromatic carbocycles. The molecule has 10 nitrogen and oxygen atoms in total. The van der Waals surface area contributed by atoms with E-state index in [1.165, 1.54) is 12.1 Å². The number of nitrogens with zero attached hydrogens (tertiary/aromatic N) is 5. The zero-order chi connectivity index (χ0) is 32.5. The molecule has 236 valence electrons. The first kappa shape index (κ1) is 31.9. The summed E-state index contributed by atoms with van der Waals surface area (Å²) in [7, 11) is -0.270. The summed E-state index contributed by atoms with van der Waals surface area (Å²) in [6.45, 7) is 10.6. The van der Waals surface area contributed by atoms with Gasteiger partial charge in [0.1, 0.15) is 6.61 Å². The monoisotopic (exact) mass is 628 g/mol. The van der Waals surface area contributed by atoms with Crippen LogP contribution in [0.5, 0.6) is 5.88 Å². The van der Waals surface area contributed by atoms with Crippen molar-refractivity contribution in [2.24, 2.45) is 5.41 Å². The molecular weight excluding hydrogens is 588 g/mol. The molecular formula is C34H40N6O4S. The molecule has 1 N–H and O–H groups in total. The Hall–Kier alpha value is -4.51. The van der Waals surface area contributed by atoms with Crippen molar-refractivity contribution in [2.75, 3.05) is 30.3 Å². The van der Waals surface area contributed by atoms with E-state index < -0.39 is 16.1 Å². The van der Waals surface area contributed by atoms with E-state index in [0.717, 1.165) is 22.4 Å². The fourth-order valence-corrected chi connectivity index (χ4v) is 6.49. The van der Waals surface area contributed by atoms with Crippen LogP contribution in [0.25, 0.3) is 11.3 Å². The van der Waals surface area contributed by atoms with Gasteiger partial charge in [0, 0.05) is 31.3 Å². The lowest BCUT2D eigenvalue weighted by Gasteiger charge is -2.35. The van der Waals surface area contributed by atoms with Gasteiger partial charge >= 0.3 is 0 Å². The topological polar surface area (TPSA) is 118 Å². The minimum atomic E-state index is -4.15. The van der Waals surface area contributed by atoms with Crippen LogP contribution in [0.1, 0.15) is 54.4 Å². The molecule has 2 aromatic heterocycles. The number of carbonyl (C=O) groups excluding carboxylic acids is 1. The Balaban J connectivity index is 1.66. The number of nitrogens with one attached hydrogen (secondary N) is 1. The van der Waals surface area contributed by atoms with Crippen molar-refractivity contribution in [3.63, 3.8) is 0 Å². The predicted octanol–water partition coefficient (Wildman–Crippen LogP) is 5.86. The first-order valence-corrected chi connectivity index (χ1v) is 16.3. The number of anilines is 2. The van der Waals surface area contributed by atoms with Gasteiger partial charge in [0.15, 0.2) is 0 Å². The molecule has 1 aliphatic rings. The van der Waals surface area contributed by atoms with Crippen LogP contribution < -0.4 is 14.4 Å². The van der Waals surface area contributed by atoms with E-state index in [4.69, 9.17) is 4.74 Å². The molecule has 3 heterocycles. The Morgan fingerprint density at radius 3 is 2.36 bits per heavy atom.